The van der Waals surface area contributed by atoms with Gasteiger partial charge in [0.05, 0.1) is 18.8 Å². The van der Waals surface area contributed by atoms with Gasteiger partial charge in [-0.1, -0.05) is 11.3 Å². The Hall–Kier alpha value is -2.84. The summed E-state index contributed by atoms with van der Waals surface area (Å²) in [6.07, 6.45) is 11.9. The zero-order valence-electron chi connectivity index (χ0n) is 18.8. The molecule has 32 heavy (non-hydrogen) atoms. The molecule has 0 aliphatic carbocycles. The molecule has 8 nitrogen and oxygen atoms in total. The van der Waals surface area contributed by atoms with Crippen molar-refractivity contribution in [2.75, 3.05) is 44.2 Å². The molecule has 3 aliphatic heterocycles. The van der Waals surface area contributed by atoms with Gasteiger partial charge in [-0.05, 0) is 56.0 Å². The lowest BCUT2D eigenvalue weighted by Gasteiger charge is -2.36. The van der Waals surface area contributed by atoms with Crippen LogP contribution in [-0.2, 0) is 11.3 Å². The summed E-state index contributed by atoms with van der Waals surface area (Å²) < 4.78 is 7.77. The molecule has 0 spiro atoms. The van der Waals surface area contributed by atoms with Gasteiger partial charge in [0.2, 0.25) is 0 Å². The summed E-state index contributed by atoms with van der Waals surface area (Å²) in [7, 11) is 0. The molecule has 2 N–H and O–H groups in total. The number of nitrogens with zero attached hydrogens (tertiary/aromatic N) is 5. The van der Waals surface area contributed by atoms with Crippen molar-refractivity contribution in [1.82, 2.24) is 30.7 Å². The summed E-state index contributed by atoms with van der Waals surface area (Å²) in [6, 6.07) is 6.70. The number of benzene rings is 1. The van der Waals surface area contributed by atoms with Gasteiger partial charge in [0.15, 0.2) is 0 Å². The summed E-state index contributed by atoms with van der Waals surface area (Å²) in [5.41, 5.74) is 12.1. The van der Waals surface area contributed by atoms with Gasteiger partial charge < -0.3 is 20.5 Å². The van der Waals surface area contributed by atoms with Crippen LogP contribution >= 0.6 is 0 Å². The summed E-state index contributed by atoms with van der Waals surface area (Å²) >= 11 is 0. The Bertz CT molecular complexity index is 968. The molecule has 0 saturated carbocycles. The van der Waals surface area contributed by atoms with Crippen molar-refractivity contribution < 1.29 is 4.74 Å². The first-order valence-corrected chi connectivity index (χ1v) is 11.7. The van der Waals surface area contributed by atoms with Crippen LogP contribution in [0.4, 0.5) is 5.69 Å². The fourth-order valence-corrected chi connectivity index (χ4v) is 4.69. The van der Waals surface area contributed by atoms with Crippen LogP contribution in [0.15, 0.2) is 48.4 Å². The minimum absolute atomic E-state index is 0.262. The van der Waals surface area contributed by atoms with Gasteiger partial charge in [-0.2, -0.15) is 0 Å². The molecule has 1 atom stereocenters. The largest absolute Gasteiger partial charge is 0.376 e. The molecular weight excluding hydrogens is 402 g/mol. The summed E-state index contributed by atoms with van der Waals surface area (Å²) in [4.78, 5) is 4.97. The van der Waals surface area contributed by atoms with E-state index in [1.807, 2.05) is 17.0 Å². The Kier molecular flexibility index (Phi) is 6.41. The van der Waals surface area contributed by atoms with Gasteiger partial charge in [-0.25, -0.2) is 4.68 Å². The van der Waals surface area contributed by atoms with Crippen molar-refractivity contribution in [1.29, 1.82) is 0 Å². The topological polar surface area (TPSA) is 70.5 Å². The van der Waals surface area contributed by atoms with E-state index in [4.69, 9.17) is 4.74 Å². The third-order valence-electron chi connectivity index (χ3n) is 6.53. The summed E-state index contributed by atoms with van der Waals surface area (Å²) in [5, 5.41) is 8.79. The molecule has 2 fully saturated rings. The van der Waals surface area contributed by atoms with Crippen LogP contribution in [0.1, 0.15) is 24.8 Å². The maximum atomic E-state index is 5.84. The Morgan fingerprint density at radius 3 is 2.81 bits per heavy atom. The Morgan fingerprint density at radius 1 is 1.16 bits per heavy atom. The first-order chi connectivity index (χ1) is 15.7. The maximum absolute atomic E-state index is 5.84. The third kappa shape index (κ3) is 4.97. The van der Waals surface area contributed by atoms with Crippen LogP contribution < -0.4 is 15.8 Å². The summed E-state index contributed by atoms with van der Waals surface area (Å²) in [5.74, 6) is 0. The molecule has 170 valence electrons. The van der Waals surface area contributed by atoms with Gasteiger partial charge in [-0.15, -0.1) is 5.10 Å². The highest BCUT2D eigenvalue weighted by molar-refractivity contribution is 5.67. The number of rotatable bonds is 6. The standard InChI is InChI=1S/C24H33N7O/c1-19-15-21(30-12-10-29(11-13-30)16-20-5-4-9-25-26-20)7-8-23(19)24-18-31(28-27-24)17-22-6-2-3-14-32-22/h4-5,7-9,15,18,22,25-26H,2-3,6,10-14,16-17H2,1H3. The van der Waals surface area contributed by atoms with E-state index in [9.17, 15) is 0 Å². The van der Waals surface area contributed by atoms with E-state index >= 15 is 0 Å². The van der Waals surface area contributed by atoms with Crippen LogP contribution in [0.2, 0.25) is 0 Å². The number of piperazine rings is 1. The highest BCUT2D eigenvalue weighted by Crippen LogP contribution is 2.27. The van der Waals surface area contributed by atoms with Gasteiger partial charge >= 0.3 is 0 Å². The minimum Gasteiger partial charge on any atom is -0.376 e. The van der Waals surface area contributed by atoms with Gasteiger partial charge in [0.1, 0.15) is 5.69 Å². The van der Waals surface area contributed by atoms with Crippen molar-refractivity contribution in [3.05, 3.63) is 54.0 Å². The van der Waals surface area contributed by atoms with Crippen LogP contribution in [0.25, 0.3) is 11.3 Å². The average Bonchev–Trinajstić information content (AvgIpc) is 3.29. The van der Waals surface area contributed by atoms with E-state index in [1.54, 1.807) is 0 Å². The Balaban J connectivity index is 1.18. The molecule has 1 aromatic carbocycles. The van der Waals surface area contributed by atoms with Crippen molar-refractivity contribution in [2.24, 2.45) is 0 Å². The minimum atomic E-state index is 0.262. The average molecular weight is 436 g/mol. The number of hydrazine groups is 1. The number of hydrogen-bond donors (Lipinski definition) is 2. The predicted octanol–water partition coefficient (Wildman–Crippen LogP) is 2.45. The van der Waals surface area contributed by atoms with Crippen LogP contribution in [0.3, 0.4) is 0 Å². The fourth-order valence-electron chi connectivity index (χ4n) is 4.69. The number of aromatic nitrogens is 3. The number of aryl methyl sites for hydroxylation is 1. The molecule has 1 aromatic heterocycles. The van der Waals surface area contributed by atoms with Crippen molar-refractivity contribution >= 4 is 5.69 Å². The number of hydrogen-bond acceptors (Lipinski definition) is 7. The van der Waals surface area contributed by atoms with E-state index in [0.717, 1.165) is 63.6 Å². The lowest BCUT2D eigenvalue weighted by Crippen LogP contribution is -2.48. The first kappa shape index (κ1) is 21.0. The number of anilines is 1. The number of allylic oxidation sites excluding steroid dienone is 2. The van der Waals surface area contributed by atoms with E-state index in [-0.39, 0.29) is 6.10 Å². The van der Waals surface area contributed by atoms with Gasteiger partial charge in [0.25, 0.3) is 0 Å². The molecule has 0 radical (unpaired) electrons. The number of nitrogens with one attached hydrogen (secondary N) is 2. The molecule has 3 aliphatic rings. The van der Waals surface area contributed by atoms with Gasteiger partial charge in [0, 0.05) is 62.5 Å². The lowest BCUT2D eigenvalue weighted by atomic mass is 10.0. The molecule has 0 amide bonds. The van der Waals surface area contributed by atoms with E-state index < -0.39 is 0 Å². The zero-order chi connectivity index (χ0) is 21.8. The SMILES string of the molecule is Cc1cc(N2CCN(CC3=CC=CNN3)CC2)ccc1-c1cn(CC2CCCCO2)nn1. The van der Waals surface area contributed by atoms with Crippen molar-refractivity contribution in [3.63, 3.8) is 0 Å². The zero-order valence-corrected chi connectivity index (χ0v) is 18.8. The Morgan fingerprint density at radius 2 is 2.06 bits per heavy atom. The van der Waals surface area contributed by atoms with Crippen molar-refractivity contribution in [3.8, 4) is 11.3 Å². The normalized spacial score (nSPS) is 21.7. The molecule has 5 rings (SSSR count). The van der Waals surface area contributed by atoms with Crippen LogP contribution in [-0.4, -0.2) is 65.3 Å². The quantitative estimate of drug-likeness (QED) is 0.722. The van der Waals surface area contributed by atoms with Crippen LogP contribution in [0.5, 0.6) is 0 Å². The van der Waals surface area contributed by atoms with E-state index in [2.05, 4.69) is 68.4 Å². The van der Waals surface area contributed by atoms with E-state index in [0.29, 0.717) is 0 Å². The number of ether oxygens (including phenoxy) is 1. The van der Waals surface area contributed by atoms with Crippen molar-refractivity contribution in [2.45, 2.75) is 38.8 Å². The molecule has 8 heteroatoms. The maximum Gasteiger partial charge on any atom is 0.113 e. The Labute approximate surface area is 189 Å². The van der Waals surface area contributed by atoms with E-state index in [1.165, 1.54) is 29.8 Å². The van der Waals surface area contributed by atoms with Gasteiger partial charge in [-0.3, -0.25) is 4.90 Å². The molecular formula is C24H33N7O. The molecule has 4 heterocycles. The fraction of sp³-hybridized carbons (Fsp3) is 0.500. The second-order valence-electron chi connectivity index (χ2n) is 8.90. The first-order valence-electron chi connectivity index (χ1n) is 11.7. The molecule has 2 aromatic rings. The lowest BCUT2D eigenvalue weighted by molar-refractivity contribution is 0.00370. The second kappa shape index (κ2) is 9.75. The highest BCUT2D eigenvalue weighted by Gasteiger charge is 2.20. The molecule has 0 bridgehead atoms. The second-order valence-corrected chi connectivity index (χ2v) is 8.90. The molecule has 1 unspecified atom stereocenters. The monoisotopic (exact) mass is 435 g/mol. The summed E-state index contributed by atoms with van der Waals surface area (Å²) in [6.45, 7) is 8.95. The smallest absolute Gasteiger partial charge is 0.113 e. The highest BCUT2D eigenvalue weighted by atomic mass is 16.5. The molecule has 2 saturated heterocycles. The van der Waals surface area contributed by atoms with Crippen LogP contribution in [0, 0.1) is 6.92 Å². The third-order valence-corrected chi connectivity index (χ3v) is 6.53. The predicted molar refractivity (Wildman–Crippen MR) is 126 cm³/mol.